The maximum Gasteiger partial charge on any atom is 0.305 e. The number of rotatable bonds is 12. The number of unbranched alkanes of at least 4 members (excludes halogenated alkanes) is 1. The Kier molecular flexibility index (Phi) is 8.92. The number of methoxy groups -OCH3 is 1. The number of hydrogen-bond acceptors (Lipinski definition) is 5. The molecule has 0 spiro atoms. The first kappa shape index (κ1) is 26.1. The third kappa shape index (κ3) is 6.22. The molecule has 0 aromatic heterocycles. The molecule has 2 aliphatic carbocycles. The predicted octanol–water partition coefficient (Wildman–Crippen LogP) is 5.76. The van der Waals surface area contributed by atoms with Gasteiger partial charge in [0.15, 0.2) is 5.78 Å². The van der Waals surface area contributed by atoms with Gasteiger partial charge in [0.2, 0.25) is 0 Å². The average molecular weight is 495 g/mol. The fraction of sp³-hybridized carbons (Fsp3) is 0.467. The zero-order valence-corrected chi connectivity index (χ0v) is 20.9. The van der Waals surface area contributed by atoms with Crippen LogP contribution in [-0.4, -0.2) is 38.2 Å². The summed E-state index contributed by atoms with van der Waals surface area (Å²) < 4.78 is 30.3. The molecule has 1 heterocycles. The van der Waals surface area contributed by atoms with Crippen molar-refractivity contribution >= 4 is 11.8 Å². The number of halogens is 1. The minimum absolute atomic E-state index is 0.0643. The number of ether oxygens (including phenoxy) is 3. The topological polar surface area (TPSA) is 61.8 Å². The highest BCUT2D eigenvalue weighted by Crippen LogP contribution is 2.57. The summed E-state index contributed by atoms with van der Waals surface area (Å²) in [6.07, 6.45) is 19.1. The van der Waals surface area contributed by atoms with Crippen molar-refractivity contribution in [1.82, 2.24) is 0 Å². The third-order valence-corrected chi connectivity index (χ3v) is 7.50. The molecule has 0 N–H and O–H groups in total. The Bertz CT molecular complexity index is 1040. The molecule has 2 fully saturated rings. The van der Waals surface area contributed by atoms with Crippen molar-refractivity contribution in [2.75, 3.05) is 20.3 Å². The van der Waals surface area contributed by atoms with Crippen molar-refractivity contribution in [3.63, 3.8) is 0 Å². The zero-order valence-electron chi connectivity index (χ0n) is 20.9. The molecule has 5 nitrogen and oxygen atoms in total. The lowest BCUT2D eigenvalue weighted by Gasteiger charge is -2.38. The summed E-state index contributed by atoms with van der Waals surface area (Å²) >= 11 is 0. The molecule has 1 aliphatic heterocycles. The van der Waals surface area contributed by atoms with Gasteiger partial charge >= 0.3 is 5.97 Å². The van der Waals surface area contributed by atoms with E-state index in [1.54, 1.807) is 6.08 Å². The molecule has 0 amide bonds. The minimum atomic E-state index is -0.230. The van der Waals surface area contributed by atoms with Crippen LogP contribution in [0.25, 0.3) is 0 Å². The Morgan fingerprint density at radius 1 is 1.19 bits per heavy atom. The molecule has 0 radical (unpaired) electrons. The summed E-state index contributed by atoms with van der Waals surface area (Å²) in [5.74, 6) is 0.853. The number of fused-ring (bicyclic) bond motifs is 2. The van der Waals surface area contributed by atoms with E-state index in [1.807, 2.05) is 24.3 Å². The second kappa shape index (κ2) is 12.3. The fourth-order valence-electron chi connectivity index (χ4n) is 5.68. The summed E-state index contributed by atoms with van der Waals surface area (Å²) in [5.41, 5.74) is 0.994. The van der Waals surface area contributed by atoms with Crippen LogP contribution in [0.5, 0.6) is 0 Å². The van der Waals surface area contributed by atoms with Gasteiger partial charge in [0.05, 0.1) is 26.4 Å². The van der Waals surface area contributed by atoms with Gasteiger partial charge in [-0.2, -0.15) is 0 Å². The fourth-order valence-corrected chi connectivity index (χ4v) is 5.68. The SMILES string of the molecule is COC(=O)CCC/C=C\C[C@@H]1[C@@H](/C=C/CCOC2=CC(=O)CC=C2)[C@H]2C[C@]1(c1ccc(F)cc1)CO2. The largest absolute Gasteiger partial charge is 0.493 e. The monoisotopic (exact) mass is 494 g/mol. The third-order valence-electron chi connectivity index (χ3n) is 7.50. The lowest BCUT2D eigenvalue weighted by molar-refractivity contribution is -0.140. The lowest BCUT2D eigenvalue weighted by Crippen LogP contribution is -2.39. The van der Waals surface area contributed by atoms with Gasteiger partial charge in [0, 0.05) is 30.3 Å². The molecule has 36 heavy (non-hydrogen) atoms. The zero-order chi connectivity index (χ0) is 25.4. The van der Waals surface area contributed by atoms with Crippen LogP contribution < -0.4 is 0 Å². The standard InChI is InChI=1S/C30H35FO5/c1-34-29(33)13-5-3-2-4-12-27-26(11-6-7-18-35-25-10-8-9-24(32)19-25)28-20-30(27,21-36-28)22-14-16-23(31)17-15-22/h2,4,6,8,10-11,14-17,19,26-28H,3,5,7,9,12-13,18,20-21H2,1H3/b4-2-,11-6+/t26-,27-,28-,30-/m1/s1. The maximum atomic E-state index is 13.7. The lowest BCUT2D eigenvalue weighted by atomic mass is 9.69. The summed E-state index contributed by atoms with van der Waals surface area (Å²) in [6.45, 7) is 1.15. The van der Waals surface area contributed by atoms with Gasteiger partial charge in [-0.05, 0) is 61.8 Å². The molecule has 2 bridgehead atoms. The first-order chi connectivity index (χ1) is 17.5. The van der Waals surface area contributed by atoms with Gasteiger partial charge in [-0.25, -0.2) is 4.39 Å². The van der Waals surface area contributed by atoms with E-state index in [-0.39, 0.29) is 35.0 Å². The van der Waals surface area contributed by atoms with Gasteiger partial charge < -0.3 is 14.2 Å². The van der Waals surface area contributed by atoms with Crippen molar-refractivity contribution in [3.05, 3.63) is 83.9 Å². The molecule has 1 saturated heterocycles. The first-order valence-electron chi connectivity index (χ1n) is 12.8. The van der Waals surface area contributed by atoms with Crippen molar-refractivity contribution in [2.24, 2.45) is 11.8 Å². The Labute approximate surface area is 212 Å². The van der Waals surface area contributed by atoms with Crippen molar-refractivity contribution in [3.8, 4) is 0 Å². The Morgan fingerprint density at radius 3 is 2.81 bits per heavy atom. The van der Waals surface area contributed by atoms with Crippen LogP contribution in [0, 0.1) is 17.7 Å². The molecule has 1 aromatic carbocycles. The number of hydrogen-bond donors (Lipinski definition) is 0. The number of ketones is 1. The van der Waals surface area contributed by atoms with Crippen LogP contribution in [0.3, 0.4) is 0 Å². The Balaban J connectivity index is 1.40. The number of carbonyl (C=O) groups excluding carboxylic acids is 2. The molecule has 4 atom stereocenters. The van der Waals surface area contributed by atoms with Crippen LogP contribution in [0.1, 0.15) is 50.5 Å². The van der Waals surface area contributed by atoms with Crippen LogP contribution in [0.15, 0.2) is 72.6 Å². The molecule has 1 aromatic rings. The predicted molar refractivity (Wildman–Crippen MR) is 136 cm³/mol. The normalized spacial score (nSPS) is 27.2. The quantitative estimate of drug-likeness (QED) is 0.210. The highest BCUT2D eigenvalue weighted by Gasteiger charge is 2.58. The van der Waals surface area contributed by atoms with Gasteiger partial charge in [-0.15, -0.1) is 0 Å². The van der Waals surface area contributed by atoms with Crippen LogP contribution in [0.2, 0.25) is 0 Å². The highest BCUT2D eigenvalue weighted by molar-refractivity contribution is 5.92. The van der Waals surface area contributed by atoms with E-state index in [4.69, 9.17) is 14.2 Å². The second-order valence-electron chi connectivity index (χ2n) is 9.76. The molecule has 0 unspecified atom stereocenters. The molecule has 1 saturated carbocycles. The van der Waals surface area contributed by atoms with E-state index in [0.29, 0.717) is 37.7 Å². The number of carbonyl (C=O) groups is 2. The number of benzene rings is 1. The van der Waals surface area contributed by atoms with Crippen molar-refractivity contribution < 1.29 is 28.2 Å². The van der Waals surface area contributed by atoms with Gasteiger partial charge in [0.25, 0.3) is 0 Å². The Morgan fingerprint density at radius 2 is 2.03 bits per heavy atom. The smallest absolute Gasteiger partial charge is 0.305 e. The molecule has 6 heteroatoms. The molecular formula is C30H35FO5. The maximum absolute atomic E-state index is 13.7. The van der Waals surface area contributed by atoms with E-state index in [1.165, 1.54) is 19.2 Å². The van der Waals surface area contributed by atoms with Gasteiger partial charge in [-0.1, -0.05) is 42.5 Å². The second-order valence-corrected chi connectivity index (χ2v) is 9.76. The number of allylic oxidation sites excluding steroid dienone is 5. The van der Waals surface area contributed by atoms with E-state index < -0.39 is 0 Å². The van der Waals surface area contributed by atoms with E-state index in [0.717, 1.165) is 37.7 Å². The molecule has 4 rings (SSSR count). The number of esters is 1. The van der Waals surface area contributed by atoms with Crippen molar-refractivity contribution in [1.29, 1.82) is 0 Å². The van der Waals surface area contributed by atoms with Gasteiger partial charge in [-0.3, -0.25) is 9.59 Å². The summed E-state index contributed by atoms with van der Waals surface area (Å²) in [4.78, 5) is 22.9. The minimum Gasteiger partial charge on any atom is -0.493 e. The average Bonchev–Trinajstić information content (AvgIpc) is 3.44. The summed E-state index contributed by atoms with van der Waals surface area (Å²) in [7, 11) is 1.41. The molecule has 3 aliphatic rings. The van der Waals surface area contributed by atoms with Crippen molar-refractivity contribution in [2.45, 2.75) is 56.5 Å². The van der Waals surface area contributed by atoms with Crippen LogP contribution in [-0.2, 0) is 29.2 Å². The van der Waals surface area contributed by atoms with Crippen LogP contribution in [0.4, 0.5) is 4.39 Å². The molecule has 192 valence electrons. The summed E-state index contributed by atoms with van der Waals surface area (Å²) in [6, 6.07) is 6.88. The van der Waals surface area contributed by atoms with E-state index in [2.05, 4.69) is 24.3 Å². The Hall–Kier alpha value is -2.99. The molecular weight excluding hydrogens is 459 g/mol. The van der Waals surface area contributed by atoms with E-state index >= 15 is 0 Å². The van der Waals surface area contributed by atoms with Crippen LogP contribution >= 0.6 is 0 Å². The summed E-state index contributed by atoms with van der Waals surface area (Å²) in [5, 5.41) is 0. The van der Waals surface area contributed by atoms with E-state index in [9.17, 15) is 14.0 Å². The highest BCUT2D eigenvalue weighted by atomic mass is 19.1. The van der Waals surface area contributed by atoms with Gasteiger partial charge in [0.1, 0.15) is 11.6 Å². The first-order valence-corrected chi connectivity index (χ1v) is 12.8.